The molecule has 2 rings (SSSR count). The van der Waals surface area contributed by atoms with Crippen LogP contribution in [0.3, 0.4) is 0 Å². The molecule has 1 saturated carbocycles. The van der Waals surface area contributed by atoms with Crippen LogP contribution in [0.15, 0.2) is 0 Å². The molecule has 1 N–H and O–H groups in total. The Bertz CT molecular complexity index is 400. The van der Waals surface area contributed by atoms with Crippen molar-refractivity contribution < 1.29 is 5.11 Å². The Morgan fingerprint density at radius 3 is 2.12 bits per heavy atom. The van der Waals surface area contributed by atoms with Crippen molar-refractivity contribution in [3.8, 4) is 0 Å². The standard InChI is InChI=1S/C13H22N2O/c1-8(2)15-10(4)12(9(3)14-15)13(6-7-13)11(5)16/h8,11,16H,6-7H2,1-5H3. The number of nitrogens with zero attached hydrogens (tertiary/aromatic N) is 2. The zero-order chi connectivity index (χ0) is 12.1. The lowest BCUT2D eigenvalue weighted by Gasteiger charge is -2.20. The van der Waals surface area contributed by atoms with E-state index in [4.69, 9.17) is 0 Å². The van der Waals surface area contributed by atoms with Crippen LogP contribution in [0, 0.1) is 13.8 Å². The van der Waals surface area contributed by atoms with Crippen molar-refractivity contribution in [3.63, 3.8) is 0 Å². The molecule has 0 aliphatic heterocycles. The fraction of sp³-hybridized carbons (Fsp3) is 0.769. The number of aliphatic hydroxyl groups excluding tert-OH is 1. The van der Waals surface area contributed by atoms with Crippen LogP contribution in [0.2, 0.25) is 0 Å². The molecule has 1 aliphatic carbocycles. The zero-order valence-corrected chi connectivity index (χ0v) is 10.9. The van der Waals surface area contributed by atoms with E-state index in [1.54, 1.807) is 0 Å². The third-order valence-electron chi connectivity index (χ3n) is 3.90. The molecule has 1 heterocycles. The second kappa shape index (κ2) is 3.59. The normalized spacial score (nSPS) is 20.2. The first-order chi connectivity index (χ1) is 7.40. The molecule has 1 aliphatic rings. The molecule has 0 radical (unpaired) electrons. The lowest BCUT2D eigenvalue weighted by Crippen LogP contribution is -2.24. The van der Waals surface area contributed by atoms with Gasteiger partial charge < -0.3 is 5.11 Å². The van der Waals surface area contributed by atoms with Gasteiger partial charge in [-0.25, -0.2) is 0 Å². The summed E-state index contributed by atoms with van der Waals surface area (Å²) >= 11 is 0. The summed E-state index contributed by atoms with van der Waals surface area (Å²) in [5.74, 6) is 0. The van der Waals surface area contributed by atoms with Crippen LogP contribution in [-0.4, -0.2) is 21.0 Å². The van der Waals surface area contributed by atoms with Crippen LogP contribution in [0.1, 0.15) is 56.6 Å². The highest BCUT2D eigenvalue weighted by atomic mass is 16.3. The molecule has 0 bridgehead atoms. The maximum Gasteiger partial charge on any atom is 0.0635 e. The minimum atomic E-state index is -0.269. The SMILES string of the molecule is Cc1nn(C(C)C)c(C)c1C1(C(C)O)CC1. The maximum atomic E-state index is 9.96. The molecule has 3 nitrogen and oxygen atoms in total. The van der Waals surface area contributed by atoms with Crippen LogP contribution in [0.5, 0.6) is 0 Å². The first kappa shape index (κ1) is 11.6. The first-order valence-electron chi connectivity index (χ1n) is 6.14. The van der Waals surface area contributed by atoms with Gasteiger partial charge in [-0.2, -0.15) is 5.10 Å². The summed E-state index contributed by atoms with van der Waals surface area (Å²) in [7, 11) is 0. The number of aliphatic hydroxyl groups is 1. The van der Waals surface area contributed by atoms with E-state index >= 15 is 0 Å². The molecule has 1 atom stereocenters. The van der Waals surface area contributed by atoms with Crippen LogP contribution in [-0.2, 0) is 5.41 Å². The summed E-state index contributed by atoms with van der Waals surface area (Å²) in [5, 5.41) is 14.6. The van der Waals surface area contributed by atoms with Crippen LogP contribution >= 0.6 is 0 Å². The van der Waals surface area contributed by atoms with Gasteiger partial charge in [-0.15, -0.1) is 0 Å². The summed E-state index contributed by atoms with van der Waals surface area (Å²) < 4.78 is 2.08. The molecule has 0 saturated heterocycles. The Kier molecular flexibility index (Phi) is 2.61. The fourth-order valence-electron chi connectivity index (χ4n) is 2.90. The van der Waals surface area contributed by atoms with E-state index in [0.717, 1.165) is 18.5 Å². The molecule has 16 heavy (non-hydrogen) atoms. The highest BCUT2D eigenvalue weighted by molar-refractivity contribution is 5.39. The number of aromatic nitrogens is 2. The van der Waals surface area contributed by atoms with Crippen molar-refractivity contribution in [1.29, 1.82) is 0 Å². The van der Waals surface area contributed by atoms with Gasteiger partial charge in [0.05, 0.1) is 11.8 Å². The van der Waals surface area contributed by atoms with Crippen LogP contribution < -0.4 is 0 Å². The van der Waals surface area contributed by atoms with Gasteiger partial charge >= 0.3 is 0 Å². The van der Waals surface area contributed by atoms with E-state index < -0.39 is 0 Å². The Morgan fingerprint density at radius 1 is 1.25 bits per heavy atom. The number of hydrogen-bond acceptors (Lipinski definition) is 2. The molecule has 0 aromatic carbocycles. The van der Waals surface area contributed by atoms with Gasteiger partial charge in [0.25, 0.3) is 0 Å². The molecule has 1 fully saturated rings. The van der Waals surface area contributed by atoms with Crippen molar-refractivity contribution >= 4 is 0 Å². The molecular formula is C13H22N2O. The molecule has 1 aromatic heterocycles. The Hall–Kier alpha value is -0.830. The number of aryl methyl sites for hydroxylation is 1. The fourth-order valence-corrected chi connectivity index (χ4v) is 2.90. The van der Waals surface area contributed by atoms with Crippen molar-refractivity contribution in [1.82, 2.24) is 9.78 Å². The zero-order valence-electron chi connectivity index (χ0n) is 10.9. The van der Waals surface area contributed by atoms with Gasteiger partial charge in [0, 0.05) is 22.7 Å². The topological polar surface area (TPSA) is 38.0 Å². The smallest absolute Gasteiger partial charge is 0.0635 e. The predicted octanol–water partition coefficient (Wildman–Crippen LogP) is 2.49. The second-order valence-corrected chi connectivity index (χ2v) is 5.42. The third kappa shape index (κ3) is 1.49. The molecule has 0 spiro atoms. The number of hydrogen-bond donors (Lipinski definition) is 1. The van der Waals surface area contributed by atoms with Crippen molar-refractivity contribution in [2.45, 2.75) is 65.0 Å². The quantitative estimate of drug-likeness (QED) is 0.853. The average molecular weight is 222 g/mol. The Morgan fingerprint density at radius 2 is 1.81 bits per heavy atom. The molecule has 1 unspecified atom stereocenters. The van der Waals surface area contributed by atoms with E-state index in [0.29, 0.717) is 6.04 Å². The highest BCUT2D eigenvalue weighted by Crippen LogP contribution is 2.53. The summed E-state index contributed by atoms with van der Waals surface area (Å²) in [5.41, 5.74) is 3.60. The van der Waals surface area contributed by atoms with Crippen LogP contribution in [0.4, 0.5) is 0 Å². The monoisotopic (exact) mass is 222 g/mol. The lowest BCUT2D eigenvalue weighted by molar-refractivity contribution is 0.150. The molecule has 3 heteroatoms. The van der Waals surface area contributed by atoms with Crippen molar-refractivity contribution in [2.24, 2.45) is 0 Å². The summed E-state index contributed by atoms with van der Waals surface area (Å²) in [6.07, 6.45) is 1.92. The van der Waals surface area contributed by atoms with Gasteiger partial charge in [0.1, 0.15) is 0 Å². The first-order valence-corrected chi connectivity index (χ1v) is 6.14. The van der Waals surface area contributed by atoms with Gasteiger partial charge in [-0.3, -0.25) is 4.68 Å². The van der Waals surface area contributed by atoms with Crippen molar-refractivity contribution in [2.75, 3.05) is 0 Å². The van der Waals surface area contributed by atoms with E-state index in [-0.39, 0.29) is 11.5 Å². The molecular weight excluding hydrogens is 200 g/mol. The average Bonchev–Trinajstić information content (AvgIpc) is 2.90. The van der Waals surface area contributed by atoms with E-state index in [2.05, 4.69) is 37.5 Å². The third-order valence-corrected chi connectivity index (χ3v) is 3.90. The minimum absolute atomic E-state index is 0.00130. The Balaban J connectivity index is 2.50. The van der Waals surface area contributed by atoms with Crippen molar-refractivity contribution in [3.05, 3.63) is 17.0 Å². The highest BCUT2D eigenvalue weighted by Gasteiger charge is 2.51. The van der Waals surface area contributed by atoms with E-state index in [9.17, 15) is 5.11 Å². The van der Waals surface area contributed by atoms with Crippen LogP contribution in [0.25, 0.3) is 0 Å². The van der Waals surface area contributed by atoms with Gasteiger partial charge in [0.15, 0.2) is 0 Å². The molecule has 90 valence electrons. The molecule has 1 aromatic rings. The lowest BCUT2D eigenvalue weighted by atomic mass is 9.89. The summed E-state index contributed by atoms with van der Waals surface area (Å²) in [4.78, 5) is 0. The largest absolute Gasteiger partial charge is 0.392 e. The minimum Gasteiger partial charge on any atom is -0.392 e. The summed E-state index contributed by atoms with van der Waals surface area (Å²) in [6, 6.07) is 0.386. The van der Waals surface area contributed by atoms with Gasteiger partial charge in [-0.1, -0.05) is 0 Å². The Labute approximate surface area is 97.5 Å². The second-order valence-electron chi connectivity index (χ2n) is 5.42. The summed E-state index contributed by atoms with van der Waals surface area (Å²) in [6.45, 7) is 10.4. The predicted molar refractivity (Wildman–Crippen MR) is 64.7 cm³/mol. The van der Waals surface area contributed by atoms with Gasteiger partial charge in [0.2, 0.25) is 0 Å². The maximum absolute atomic E-state index is 9.96. The van der Waals surface area contributed by atoms with E-state index in [1.165, 1.54) is 11.3 Å². The molecule has 0 amide bonds. The number of rotatable bonds is 3. The van der Waals surface area contributed by atoms with E-state index in [1.807, 2.05) is 6.92 Å². The van der Waals surface area contributed by atoms with Gasteiger partial charge in [-0.05, 0) is 47.5 Å².